The zero-order valence-corrected chi connectivity index (χ0v) is 11.4. The number of hydrogen-bond acceptors (Lipinski definition) is 3. The van der Waals surface area contributed by atoms with E-state index in [1.165, 1.54) is 31.8 Å². The second-order valence-corrected chi connectivity index (χ2v) is 7.13. The van der Waals surface area contributed by atoms with Crippen LogP contribution in [0.15, 0.2) is 0 Å². The minimum absolute atomic E-state index is 0.432. The first-order valence-electron chi connectivity index (χ1n) is 5.64. The third-order valence-corrected chi connectivity index (χ3v) is 4.15. The highest BCUT2D eigenvalue weighted by Gasteiger charge is 2.26. The molecule has 1 rings (SSSR count). The van der Waals surface area contributed by atoms with Gasteiger partial charge in [0.25, 0.3) is 0 Å². The molecule has 1 saturated heterocycles. The lowest BCUT2D eigenvalue weighted by Gasteiger charge is -2.37. The van der Waals surface area contributed by atoms with Gasteiger partial charge in [0.15, 0.2) is 0 Å². The van der Waals surface area contributed by atoms with Gasteiger partial charge in [-0.2, -0.15) is 11.8 Å². The van der Waals surface area contributed by atoms with Crippen molar-refractivity contribution < 1.29 is 0 Å². The molecule has 0 unspecified atom stereocenters. The van der Waals surface area contributed by atoms with E-state index in [1.807, 2.05) is 0 Å². The van der Waals surface area contributed by atoms with Crippen molar-refractivity contribution in [3.63, 3.8) is 0 Å². The SMILES string of the molecule is CC1(C)CN(CCCCC(N)=S)CCS1. The van der Waals surface area contributed by atoms with Gasteiger partial charge in [-0.25, -0.2) is 0 Å². The number of rotatable bonds is 5. The van der Waals surface area contributed by atoms with Crippen molar-refractivity contribution in [3.05, 3.63) is 0 Å². The van der Waals surface area contributed by atoms with Gasteiger partial charge in [0, 0.05) is 23.6 Å². The molecule has 0 aromatic rings. The monoisotopic (exact) mass is 246 g/mol. The molecule has 4 heteroatoms. The van der Waals surface area contributed by atoms with E-state index in [0.717, 1.165) is 12.8 Å². The average molecular weight is 246 g/mol. The maximum absolute atomic E-state index is 5.47. The third-order valence-electron chi connectivity index (χ3n) is 2.65. The van der Waals surface area contributed by atoms with Crippen LogP contribution < -0.4 is 5.73 Å². The number of hydrogen-bond donors (Lipinski definition) is 1. The molecule has 15 heavy (non-hydrogen) atoms. The van der Waals surface area contributed by atoms with Crippen molar-refractivity contribution in [2.75, 3.05) is 25.4 Å². The normalized spacial score (nSPS) is 21.5. The molecule has 0 radical (unpaired) electrons. The number of nitrogens with zero attached hydrogens (tertiary/aromatic N) is 1. The number of unbranched alkanes of at least 4 members (excludes halogenated alkanes) is 1. The van der Waals surface area contributed by atoms with E-state index in [9.17, 15) is 0 Å². The summed E-state index contributed by atoms with van der Waals surface area (Å²) in [6, 6.07) is 0. The quantitative estimate of drug-likeness (QED) is 0.595. The van der Waals surface area contributed by atoms with Crippen LogP contribution in [0.3, 0.4) is 0 Å². The Morgan fingerprint density at radius 1 is 1.47 bits per heavy atom. The Bertz CT molecular complexity index is 217. The van der Waals surface area contributed by atoms with Gasteiger partial charge in [-0.3, -0.25) is 0 Å². The first kappa shape index (κ1) is 13.3. The standard InChI is InChI=1S/C11H22N2S2/c1-11(2)9-13(7-8-15-11)6-4-3-5-10(12)14/h3-9H2,1-2H3,(H2,12,14). The van der Waals surface area contributed by atoms with E-state index in [4.69, 9.17) is 18.0 Å². The first-order valence-corrected chi connectivity index (χ1v) is 7.04. The lowest BCUT2D eigenvalue weighted by molar-refractivity contribution is 0.256. The Morgan fingerprint density at radius 3 is 2.80 bits per heavy atom. The summed E-state index contributed by atoms with van der Waals surface area (Å²) in [5.74, 6) is 1.27. The van der Waals surface area contributed by atoms with Gasteiger partial charge in [-0.15, -0.1) is 0 Å². The summed E-state index contributed by atoms with van der Waals surface area (Å²) < 4.78 is 0.432. The predicted molar refractivity (Wildman–Crippen MR) is 73.6 cm³/mol. The van der Waals surface area contributed by atoms with Crippen LogP contribution in [-0.4, -0.2) is 40.0 Å². The van der Waals surface area contributed by atoms with Gasteiger partial charge in [0.05, 0.1) is 4.99 Å². The summed E-state index contributed by atoms with van der Waals surface area (Å²) in [6.45, 7) is 8.32. The molecule has 2 nitrogen and oxygen atoms in total. The minimum atomic E-state index is 0.432. The molecule has 1 heterocycles. The van der Waals surface area contributed by atoms with Gasteiger partial charge >= 0.3 is 0 Å². The number of nitrogens with two attached hydrogens (primary N) is 1. The second kappa shape index (κ2) is 6.06. The zero-order chi connectivity index (χ0) is 11.3. The van der Waals surface area contributed by atoms with Gasteiger partial charge in [0.2, 0.25) is 0 Å². The highest BCUT2D eigenvalue weighted by atomic mass is 32.2. The molecular weight excluding hydrogens is 224 g/mol. The Kier molecular flexibility index (Phi) is 5.36. The van der Waals surface area contributed by atoms with Crippen molar-refractivity contribution in [3.8, 4) is 0 Å². The average Bonchev–Trinajstić information content (AvgIpc) is 2.10. The van der Waals surface area contributed by atoms with Gasteiger partial charge in [0.1, 0.15) is 0 Å². The molecule has 0 amide bonds. The molecule has 0 aromatic carbocycles. The van der Waals surface area contributed by atoms with Crippen molar-refractivity contribution in [1.82, 2.24) is 4.90 Å². The van der Waals surface area contributed by atoms with E-state index in [2.05, 4.69) is 30.5 Å². The third kappa shape index (κ3) is 5.73. The topological polar surface area (TPSA) is 29.3 Å². The van der Waals surface area contributed by atoms with Crippen LogP contribution >= 0.6 is 24.0 Å². The number of thioether (sulfide) groups is 1. The van der Waals surface area contributed by atoms with Crippen LogP contribution in [-0.2, 0) is 0 Å². The summed E-state index contributed by atoms with van der Waals surface area (Å²) >= 11 is 6.95. The van der Waals surface area contributed by atoms with Crippen LogP contribution in [0.1, 0.15) is 33.1 Å². The Morgan fingerprint density at radius 2 is 2.20 bits per heavy atom. The maximum atomic E-state index is 5.47. The first-order chi connectivity index (χ1) is 6.99. The smallest absolute Gasteiger partial charge is 0.0727 e. The van der Waals surface area contributed by atoms with E-state index in [0.29, 0.717) is 9.74 Å². The van der Waals surface area contributed by atoms with E-state index in [1.54, 1.807) is 0 Å². The zero-order valence-electron chi connectivity index (χ0n) is 9.79. The van der Waals surface area contributed by atoms with E-state index >= 15 is 0 Å². The fourth-order valence-corrected chi connectivity index (χ4v) is 3.26. The van der Waals surface area contributed by atoms with Gasteiger partial charge in [-0.1, -0.05) is 12.2 Å². The lowest BCUT2D eigenvalue weighted by atomic mass is 10.1. The molecule has 1 fully saturated rings. The highest BCUT2D eigenvalue weighted by Crippen LogP contribution is 2.29. The van der Waals surface area contributed by atoms with Crippen molar-refractivity contribution in [2.24, 2.45) is 5.73 Å². The van der Waals surface area contributed by atoms with Crippen LogP contribution in [0.25, 0.3) is 0 Å². The Labute approximate surface area is 103 Å². The van der Waals surface area contributed by atoms with Crippen LogP contribution in [0.4, 0.5) is 0 Å². The van der Waals surface area contributed by atoms with Crippen LogP contribution in [0.2, 0.25) is 0 Å². The molecule has 2 N–H and O–H groups in total. The minimum Gasteiger partial charge on any atom is -0.393 e. The molecular formula is C11H22N2S2. The molecule has 1 aliphatic rings. The van der Waals surface area contributed by atoms with E-state index in [-0.39, 0.29) is 0 Å². The molecule has 1 aliphatic heterocycles. The maximum Gasteiger partial charge on any atom is 0.0727 e. The molecule has 0 aliphatic carbocycles. The predicted octanol–water partition coefficient (Wildman–Crippen LogP) is 2.27. The summed E-state index contributed by atoms with van der Waals surface area (Å²) in [5.41, 5.74) is 5.47. The van der Waals surface area contributed by atoms with Crippen molar-refractivity contribution in [1.29, 1.82) is 0 Å². The van der Waals surface area contributed by atoms with Gasteiger partial charge < -0.3 is 10.6 Å². The molecule has 0 atom stereocenters. The summed E-state index contributed by atoms with van der Waals surface area (Å²) in [7, 11) is 0. The largest absolute Gasteiger partial charge is 0.393 e. The fourth-order valence-electron chi connectivity index (χ4n) is 1.94. The van der Waals surface area contributed by atoms with Crippen LogP contribution in [0, 0.1) is 0 Å². The molecule has 0 saturated carbocycles. The molecule has 88 valence electrons. The molecule has 0 bridgehead atoms. The van der Waals surface area contributed by atoms with Crippen LogP contribution in [0.5, 0.6) is 0 Å². The summed E-state index contributed by atoms with van der Waals surface area (Å²) in [4.78, 5) is 3.22. The second-order valence-electron chi connectivity index (χ2n) is 4.81. The van der Waals surface area contributed by atoms with Gasteiger partial charge in [-0.05, 0) is 39.7 Å². The molecule has 0 spiro atoms. The summed E-state index contributed by atoms with van der Waals surface area (Å²) in [6.07, 6.45) is 3.26. The van der Waals surface area contributed by atoms with Crippen molar-refractivity contribution in [2.45, 2.75) is 37.9 Å². The Balaban J connectivity index is 2.13. The Hall–Kier alpha value is 0.200. The van der Waals surface area contributed by atoms with Crippen molar-refractivity contribution >= 4 is 29.0 Å². The molecule has 0 aromatic heterocycles. The lowest BCUT2D eigenvalue weighted by Crippen LogP contribution is -2.43. The fraction of sp³-hybridized carbons (Fsp3) is 0.909. The number of thiocarbonyl (C=S) groups is 1. The van der Waals surface area contributed by atoms with E-state index < -0.39 is 0 Å². The summed E-state index contributed by atoms with van der Waals surface area (Å²) in [5, 5.41) is 0. The highest BCUT2D eigenvalue weighted by molar-refractivity contribution is 8.00.